The summed E-state index contributed by atoms with van der Waals surface area (Å²) in [6.07, 6.45) is 0. The predicted octanol–water partition coefficient (Wildman–Crippen LogP) is 1.83. The van der Waals surface area contributed by atoms with Crippen LogP contribution in [0.15, 0.2) is 41.8 Å². The lowest BCUT2D eigenvalue weighted by molar-refractivity contribution is 0.0995. The number of nitrogens with one attached hydrogen (secondary N) is 2. The second kappa shape index (κ2) is 9.22. The lowest BCUT2D eigenvalue weighted by atomic mass is 10.1. The molecule has 1 amide bonds. The summed E-state index contributed by atoms with van der Waals surface area (Å²) in [5, 5.41) is 16.7. The molecule has 3 aromatic rings. The third-order valence-corrected chi connectivity index (χ3v) is 4.62. The SMILES string of the molecule is COC[C@H](N)CNc1nnc(C(N)=O)c(Nc2cc(-c3ccccc3)cs2)n1. The van der Waals surface area contributed by atoms with Gasteiger partial charge in [0.1, 0.15) is 0 Å². The normalized spacial score (nSPS) is 11.8. The van der Waals surface area contributed by atoms with Crippen LogP contribution in [0.4, 0.5) is 16.8 Å². The molecule has 0 bridgehead atoms. The van der Waals surface area contributed by atoms with E-state index < -0.39 is 5.91 Å². The number of hydrogen-bond donors (Lipinski definition) is 4. The van der Waals surface area contributed by atoms with E-state index in [1.807, 2.05) is 41.8 Å². The van der Waals surface area contributed by atoms with E-state index in [2.05, 4.69) is 25.8 Å². The molecule has 0 saturated heterocycles. The first-order valence-electron chi connectivity index (χ1n) is 8.50. The molecule has 0 saturated carbocycles. The van der Waals surface area contributed by atoms with Crippen molar-refractivity contribution in [3.8, 4) is 11.1 Å². The second-order valence-corrected chi connectivity index (χ2v) is 6.90. The summed E-state index contributed by atoms with van der Waals surface area (Å²) >= 11 is 1.48. The van der Waals surface area contributed by atoms with Crippen molar-refractivity contribution in [2.45, 2.75) is 6.04 Å². The molecule has 2 aromatic heterocycles. The fourth-order valence-corrected chi connectivity index (χ4v) is 3.26. The van der Waals surface area contributed by atoms with Gasteiger partial charge in [-0.3, -0.25) is 4.79 Å². The summed E-state index contributed by atoms with van der Waals surface area (Å²) in [7, 11) is 1.58. The molecule has 28 heavy (non-hydrogen) atoms. The number of thiophene rings is 1. The van der Waals surface area contributed by atoms with Crippen LogP contribution < -0.4 is 22.1 Å². The molecule has 0 spiro atoms. The molecule has 146 valence electrons. The van der Waals surface area contributed by atoms with Gasteiger partial charge in [-0.05, 0) is 17.2 Å². The van der Waals surface area contributed by atoms with Crippen LogP contribution in [0.2, 0.25) is 0 Å². The Hall–Kier alpha value is -3.08. The maximum Gasteiger partial charge on any atom is 0.273 e. The predicted molar refractivity (Wildman–Crippen MR) is 110 cm³/mol. The van der Waals surface area contributed by atoms with Crippen molar-refractivity contribution in [2.24, 2.45) is 11.5 Å². The molecule has 0 fully saturated rings. The van der Waals surface area contributed by atoms with Crippen molar-refractivity contribution in [3.05, 3.63) is 47.5 Å². The molecule has 0 radical (unpaired) electrons. The Morgan fingerprint density at radius 2 is 2.04 bits per heavy atom. The van der Waals surface area contributed by atoms with E-state index in [0.29, 0.717) is 13.2 Å². The van der Waals surface area contributed by atoms with Crippen LogP contribution in [0.25, 0.3) is 11.1 Å². The second-order valence-electron chi connectivity index (χ2n) is 5.98. The average molecular weight is 399 g/mol. The molecule has 9 nitrogen and oxygen atoms in total. The van der Waals surface area contributed by atoms with Gasteiger partial charge < -0.3 is 26.8 Å². The molecule has 2 heterocycles. The Labute approximate surface area is 166 Å². The first-order valence-corrected chi connectivity index (χ1v) is 9.38. The van der Waals surface area contributed by atoms with Gasteiger partial charge >= 0.3 is 0 Å². The maximum atomic E-state index is 11.7. The zero-order valence-corrected chi connectivity index (χ0v) is 16.1. The first kappa shape index (κ1) is 19.7. The van der Waals surface area contributed by atoms with Gasteiger partial charge in [0.05, 0.1) is 11.6 Å². The summed E-state index contributed by atoms with van der Waals surface area (Å²) in [6.45, 7) is 0.782. The van der Waals surface area contributed by atoms with Crippen LogP contribution in [0.3, 0.4) is 0 Å². The molecule has 1 aromatic carbocycles. The lowest BCUT2D eigenvalue weighted by Gasteiger charge is -2.12. The maximum absolute atomic E-state index is 11.7. The van der Waals surface area contributed by atoms with E-state index in [4.69, 9.17) is 16.2 Å². The minimum atomic E-state index is -0.718. The van der Waals surface area contributed by atoms with Gasteiger partial charge in [-0.15, -0.1) is 21.5 Å². The highest BCUT2D eigenvalue weighted by molar-refractivity contribution is 7.14. The van der Waals surface area contributed by atoms with Crippen LogP contribution in [-0.2, 0) is 4.74 Å². The first-order chi connectivity index (χ1) is 13.6. The van der Waals surface area contributed by atoms with Crippen molar-refractivity contribution in [2.75, 3.05) is 30.9 Å². The number of amides is 1. The Bertz CT molecular complexity index is 933. The number of rotatable bonds is 9. The van der Waals surface area contributed by atoms with Crippen LogP contribution in [0.1, 0.15) is 10.5 Å². The van der Waals surface area contributed by atoms with E-state index in [0.717, 1.165) is 16.1 Å². The minimum absolute atomic E-state index is 0.0404. The molecular formula is C18H21N7O2S. The van der Waals surface area contributed by atoms with E-state index in [1.54, 1.807) is 7.11 Å². The zero-order chi connectivity index (χ0) is 19.9. The quantitative estimate of drug-likeness (QED) is 0.427. The minimum Gasteiger partial charge on any atom is -0.383 e. The van der Waals surface area contributed by atoms with Crippen molar-refractivity contribution in [1.82, 2.24) is 15.2 Å². The van der Waals surface area contributed by atoms with Crippen molar-refractivity contribution in [1.29, 1.82) is 0 Å². The third kappa shape index (κ3) is 5.00. The van der Waals surface area contributed by atoms with Crippen molar-refractivity contribution in [3.63, 3.8) is 0 Å². The number of nitrogens with two attached hydrogens (primary N) is 2. The van der Waals surface area contributed by atoms with Crippen LogP contribution >= 0.6 is 11.3 Å². The zero-order valence-electron chi connectivity index (χ0n) is 15.3. The number of anilines is 3. The number of aromatic nitrogens is 3. The number of carbonyl (C=O) groups is 1. The lowest BCUT2D eigenvalue weighted by Crippen LogP contribution is -2.34. The van der Waals surface area contributed by atoms with E-state index in [-0.39, 0.29) is 23.5 Å². The number of primary amides is 1. The third-order valence-electron chi connectivity index (χ3n) is 3.77. The molecule has 1 atom stereocenters. The molecule has 10 heteroatoms. The van der Waals surface area contributed by atoms with Crippen molar-refractivity contribution < 1.29 is 9.53 Å². The van der Waals surface area contributed by atoms with Gasteiger partial charge in [-0.2, -0.15) is 4.98 Å². The summed E-state index contributed by atoms with van der Waals surface area (Å²) in [5.41, 5.74) is 13.4. The molecule has 0 aliphatic carbocycles. The Morgan fingerprint density at radius 3 is 2.75 bits per heavy atom. The summed E-state index contributed by atoms with van der Waals surface area (Å²) in [6, 6.07) is 11.7. The Kier molecular flexibility index (Phi) is 6.48. The van der Waals surface area contributed by atoms with Crippen molar-refractivity contribution >= 4 is 34.0 Å². The van der Waals surface area contributed by atoms with Gasteiger partial charge in [0.15, 0.2) is 11.5 Å². The van der Waals surface area contributed by atoms with Gasteiger partial charge in [-0.1, -0.05) is 30.3 Å². The molecule has 0 unspecified atom stereocenters. The summed E-state index contributed by atoms with van der Waals surface area (Å²) in [4.78, 5) is 16.0. The van der Waals surface area contributed by atoms with Crippen LogP contribution in [0, 0.1) is 0 Å². The number of nitrogens with zero attached hydrogens (tertiary/aromatic N) is 3. The number of benzene rings is 1. The van der Waals surface area contributed by atoms with Gasteiger partial charge in [0.25, 0.3) is 5.91 Å². The molecule has 0 aliphatic heterocycles. The molecule has 6 N–H and O–H groups in total. The van der Waals surface area contributed by atoms with Crippen LogP contribution in [0.5, 0.6) is 0 Å². The van der Waals surface area contributed by atoms with Gasteiger partial charge in [0, 0.05) is 25.1 Å². The number of methoxy groups -OCH3 is 1. The van der Waals surface area contributed by atoms with Crippen LogP contribution in [-0.4, -0.2) is 47.4 Å². The fourth-order valence-electron chi connectivity index (χ4n) is 2.45. The molecular weight excluding hydrogens is 378 g/mol. The molecule has 3 rings (SSSR count). The fraction of sp³-hybridized carbons (Fsp3) is 0.222. The highest BCUT2D eigenvalue weighted by Crippen LogP contribution is 2.31. The smallest absolute Gasteiger partial charge is 0.273 e. The largest absolute Gasteiger partial charge is 0.383 e. The van der Waals surface area contributed by atoms with Gasteiger partial charge in [-0.25, -0.2) is 0 Å². The highest BCUT2D eigenvalue weighted by Gasteiger charge is 2.16. The van der Waals surface area contributed by atoms with E-state index in [9.17, 15) is 4.79 Å². The highest BCUT2D eigenvalue weighted by atomic mass is 32.1. The van der Waals surface area contributed by atoms with Gasteiger partial charge in [0.2, 0.25) is 5.95 Å². The average Bonchev–Trinajstić information content (AvgIpc) is 3.16. The number of carbonyl (C=O) groups excluding carboxylic acids is 1. The number of hydrogen-bond acceptors (Lipinski definition) is 9. The Balaban J connectivity index is 1.79. The number of ether oxygens (including phenoxy) is 1. The topological polar surface area (TPSA) is 141 Å². The van der Waals surface area contributed by atoms with E-state index in [1.165, 1.54) is 11.3 Å². The summed E-state index contributed by atoms with van der Waals surface area (Å²) in [5.74, 6) is -0.254. The monoisotopic (exact) mass is 399 g/mol. The summed E-state index contributed by atoms with van der Waals surface area (Å²) < 4.78 is 4.99. The standard InChI is InChI=1S/C18H21N7O2S/c1-27-9-13(19)8-21-18-23-17(15(16(20)26)24-25-18)22-14-7-12(10-28-14)11-5-3-2-4-6-11/h2-7,10,13H,8-9,19H2,1H3,(H2,20,26)(H2,21,22,23,25)/t13-/m1/s1. The Morgan fingerprint density at radius 1 is 1.25 bits per heavy atom. The van der Waals surface area contributed by atoms with E-state index >= 15 is 0 Å². The molecule has 0 aliphatic rings.